The Labute approximate surface area is 151 Å². The zero-order valence-corrected chi connectivity index (χ0v) is 14.5. The Bertz CT molecular complexity index is 1000. The number of carbonyl (C=O) groups is 1. The number of ketones is 1. The van der Waals surface area contributed by atoms with Crippen molar-refractivity contribution < 1.29 is 9.18 Å². The summed E-state index contributed by atoms with van der Waals surface area (Å²) in [5, 5.41) is 0.783. The van der Waals surface area contributed by atoms with E-state index >= 15 is 4.39 Å². The van der Waals surface area contributed by atoms with Gasteiger partial charge in [0.1, 0.15) is 5.65 Å². The van der Waals surface area contributed by atoms with Gasteiger partial charge in [-0.2, -0.15) is 0 Å². The second-order valence-electron chi connectivity index (χ2n) is 7.30. The van der Waals surface area contributed by atoms with Gasteiger partial charge in [0, 0.05) is 36.4 Å². The van der Waals surface area contributed by atoms with E-state index in [0.717, 1.165) is 36.9 Å². The maximum atomic E-state index is 15.1. The Hall–Kier alpha value is -2.69. The number of hydrogen-bond acceptors (Lipinski definition) is 3. The highest BCUT2D eigenvalue weighted by Gasteiger charge is 2.26. The lowest BCUT2D eigenvalue weighted by Crippen LogP contribution is -2.20. The highest BCUT2D eigenvalue weighted by molar-refractivity contribution is 6.16. The van der Waals surface area contributed by atoms with Crippen LogP contribution in [0.3, 0.4) is 0 Å². The van der Waals surface area contributed by atoms with Crippen LogP contribution in [-0.4, -0.2) is 28.8 Å². The number of aromatic amines is 1. The fourth-order valence-corrected chi connectivity index (χ4v) is 3.89. The number of benzene rings is 1. The van der Waals surface area contributed by atoms with E-state index in [9.17, 15) is 4.79 Å². The summed E-state index contributed by atoms with van der Waals surface area (Å²) in [5.74, 6) is -0.149. The number of halogens is 1. The molecular weight excluding hydrogens is 329 g/mol. The van der Waals surface area contributed by atoms with Crippen molar-refractivity contribution in [2.24, 2.45) is 0 Å². The number of H-pyrrole nitrogens is 1. The molecule has 1 aliphatic heterocycles. The molecule has 1 N–H and O–H groups in total. The van der Waals surface area contributed by atoms with Gasteiger partial charge in [-0.25, -0.2) is 9.37 Å². The number of pyridine rings is 1. The third-order valence-corrected chi connectivity index (χ3v) is 5.52. The summed E-state index contributed by atoms with van der Waals surface area (Å²) in [6.45, 7) is 1.69. The van der Waals surface area contributed by atoms with E-state index in [1.807, 2.05) is 17.2 Å². The van der Waals surface area contributed by atoms with Crippen LogP contribution in [0.1, 0.15) is 53.1 Å². The average molecular weight is 349 g/mol. The number of anilines is 1. The molecule has 1 saturated carbocycles. The van der Waals surface area contributed by atoms with Crippen LogP contribution in [0.15, 0.2) is 36.7 Å². The van der Waals surface area contributed by atoms with Gasteiger partial charge in [-0.15, -0.1) is 0 Å². The molecule has 2 fully saturated rings. The summed E-state index contributed by atoms with van der Waals surface area (Å²) in [6, 6.07) is 7.15. The van der Waals surface area contributed by atoms with Crippen molar-refractivity contribution in [3.63, 3.8) is 0 Å². The molecule has 0 unspecified atom stereocenters. The Balaban J connectivity index is 1.56. The largest absolute Gasteiger partial charge is 0.369 e. The van der Waals surface area contributed by atoms with Crippen molar-refractivity contribution in [2.75, 3.05) is 18.0 Å². The SMILES string of the molecule is O=C(c1cccc(N2CCCC2)c1F)c1c[nH]c2ncc(C3CC3)cc12. The summed E-state index contributed by atoms with van der Waals surface area (Å²) in [4.78, 5) is 22.6. The molecule has 0 radical (unpaired) electrons. The molecule has 0 spiro atoms. The van der Waals surface area contributed by atoms with Gasteiger partial charge in [0.05, 0.1) is 11.3 Å². The minimum atomic E-state index is -0.417. The highest BCUT2D eigenvalue weighted by Crippen LogP contribution is 2.40. The number of rotatable bonds is 4. The number of carbonyl (C=O) groups excluding carboxylic acids is 1. The highest BCUT2D eigenvalue weighted by atomic mass is 19.1. The molecular formula is C21H20FN3O. The fourth-order valence-electron chi connectivity index (χ4n) is 3.89. The number of hydrogen-bond donors (Lipinski definition) is 1. The van der Waals surface area contributed by atoms with Gasteiger partial charge in [-0.1, -0.05) is 6.07 Å². The molecule has 1 aliphatic carbocycles. The molecule has 1 saturated heterocycles. The summed E-state index contributed by atoms with van der Waals surface area (Å²) in [7, 11) is 0. The minimum absolute atomic E-state index is 0.132. The van der Waals surface area contributed by atoms with Crippen LogP contribution in [0.4, 0.5) is 10.1 Å². The van der Waals surface area contributed by atoms with Gasteiger partial charge in [0.15, 0.2) is 11.6 Å². The molecule has 5 rings (SSSR count). The van der Waals surface area contributed by atoms with Crippen LogP contribution in [0, 0.1) is 5.82 Å². The molecule has 4 nitrogen and oxygen atoms in total. The molecule has 3 aromatic rings. The lowest BCUT2D eigenvalue weighted by atomic mass is 10.0. The van der Waals surface area contributed by atoms with Gasteiger partial charge in [0.25, 0.3) is 0 Å². The standard InChI is InChI=1S/C21H20FN3O/c22-19-15(4-3-5-18(19)25-8-1-2-9-25)20(26)17-12-24-21-16(17)10-14(11-23-21)13-6-7-13/h3-5,10-13H,1-2,6-9H2,(H,23,24). The smallest absolute Gasteiger partial charge is 0.198 e. The third kappa shape index (κ3) is 2.50. The lowest BCUT2D eigenvalue weighted by molar-refractivity contribution is 0.103. The van der Waals surface area contributed by atoms with E-state index in [1.165, 1.54) is 12.8 Å². The monoisotopic (exact) mass is 349 g/mol. The summed E-state index contributed by atoms with van der Waals surface area (Å²) in [6.07, 6.45) is 8.00. The number of fused-ring (bicyclic) bond motifs is 1. The molecule has 1 aromatic carbocycles. The van der Waals surface area contributed by atoms with E-state index in [0.29, 0.717) is 22.8 Å². The summed E-state index contributed by atoms with van der Waals surface area (Å²) in [5.41, 5.74) is 3.00. The Morgan fingerprint density at radius 2 is 2.00 bits per heavy atom. The first-order chi connectivity index (χ1) is 12.7. The summed E-state index contributed by atoms with van der Waals surface area (Å²) < 4.78 is 15.1. The molecule has 0 bridgehead atoms. The van der Waals surface area contributed by atoms with Crippen LogP contribution in [0.2, 0.25) is 0 Å². The number of nitrogens with zero attached hydrogens (tertiary/aromatic N) is 2. The van der Waals surface area contributed by atoms with Crippen molar-refractivity contribution in [1.82, 2.24) is 9.97 Å². The zero-order valence-electron chi connectivity index (χ0n) is 14.5. The molecule has 132 valence electrons. The van der Waals surface area contributed by atoms with E-state index in [2.05, 4.69) is 9.97 Å². The van der Waals surface area contributed by atoms with E-state index in [1.54, 1.807) is 24.4 Å². The first-order valence-electron chi connectivity index (χ1n) is 9.27. The molecule has 5 heteroatoms. The first-order valence-corrected chi connectivity index (χ1v) is 9.27. The lowest BCUT2D eigenvalue weighted by Gasteiger charge is -2.19. The maximum absolute atomic E-state index is 15.1. The molecule has 3 heterocycles. The Kier molecular flexibility index (Phi) is 3.55. The summed E-state index contributed by atoms with van der Waals surface area (Å²) >= 11 is 0. The molecule has 2 aromatic heterocycles. The zero-order chi connectivity index (χ0) is 17.7. The van der Waals surface area contributed by atoms with Gasteiger partial charge >= 0.3 is 0 Å². The van der Waals surface area contributed by atoms with Gasteiger partial charge < -0.3 is 9.88 Å². The van der Waals surface area contributed by atoms with Crippen LogP contribution < -0.4 is 4.90 Å². The Morgan fingerprint density at radius 1 is 1.19 bits per heavy atom. The van der Waals surface area contributed by atoms with E-state index < -0.39 is 5.82 Å². The fraction of sp³-hybridized carbons (Fsp3) is 0.333. The van der Waals surface area contributed by atoms with Crippen LogP contribution in [-0.2, 0) is 0 Å². The Morgan fingerprint density at radius 3 is 2.77 bits per heavy atom. The van der Waals surface area contributed by atoms with Crippen LogP contribution >= 0.6 is 0 Å². The predicted octanol–water partition coefficient (Wildman–Crippen LogP) is 4.41. The van der Waals surface area contributed by atoms with Crippen LogP contribution in [0.5, 0.6) is 0 Å². The number of nitrogens with one attached hydrogen (secondary N) is 1. The van der Waals surface area contributed by atoms with Gasteiger partial charge in [-0.3, -0.25) is 4.79 Å². The molecule has 0 atom stereocenters. The number of aromatic nitrogens is 2. The molecule has 26 heavy (non-hydrogen) atoms. The van der Waals surface area contributed by atoms with Gasteiger partial charge in [0.2, 0.25) is 0 Å². The van der Waals surface area contributed by atoms with E-state index in [-0.39, 0.29) is 11.3 Å². The molecule has 2 aliphatic rings. The topological polar surface area (TPSA) is 49.0 Å². The van der Waals surface area contributed by atoms with Crippen molar-refractivity contribution in [1.29, 1.82) is 0 Å². The normalized spacial score (nSPS) is 17.2. The first kappa shape index (κ1) is 15.6. The predicted molar refractivity (Wildman–Crippen MR) is 99.3 cm³/mol. The van der Waals surface area contributed by atoms with Gasteiger partial charge in [-0.05, 0) is 55.4 Å². The molecule has 0 amide bonds. The van der Waals surface area contributed by atoms with E-state index in [4.69, 9.17) is 0 Å². The van der Waals surface area contributed by atoms with Crippen molar-refractivity contribution in [3.05, 3.63) is 59.2 Å². The van der Waals surface area contributed by atoms with Crippen molar-refractivity contribution >= 4 is 22.5 Å². The maximum Gasteiger partial charge on any atom is 0.198 e. The second kappa shape index (κ2) is 5.94. The van der Waals surface area contributed by atoms with Crippen LogP contribution in [0.25, 0.3) is 11.0 Å². The average Bonchev–Trinajstić information content (AvgIpc) is 3.20. The van der Waals surface area contributed by atoms with Crippen molar-refractivity contribution in [2.45, 2.75) is 31.6 Å². The quantitative estimate of drug-likeness (QED) is 0.710. The third-order valence-electron chi connectivity index (χ3n) is 5.52. The minimum Gasteiger partial charge on any atom is -0.369 e. The second-order valence-corrected chi connectivity index (χ2v) is 7.30. The van der Waals surface area contributed by atoms with Crippen molar-refractivity contribution in [3.8, 4) is 0 Å².